The smallest absolute Gasteiger partial charge is 0.326 e. The van der Waals surface area contributed by atoms with Gasteiger partial charge in [0, 0.05) is 6.54 Å². The number of nitrogens with zero attached hydrogens (tertiary/aromatic N) is 1. The number of aliphatic imine (C=N–C) groups is 1. The Bertz CT molecular complexity index is 768. The van der Waals surface area contributed by atoms with Crippen LogP contribution in [0, 0.1) is 5.92 Å². The topological polar surface area (TPSA) is 278 Å². The Morgan fingerprint density at radius 2 is 1.44 bits per heavy atom. The minimum absolute atomic E-state index is 0.00946. The minimum atomic E-state index is -1.52. The Kier molecular flexibility index (Phi) is 13.2. The van der Waals surface area contributed by atoms with Crippen LogP contribution in [0.25, 0.3) is 0 Å². The summed E-state index contributed by atoms with van der Waals surface area (Å²) in [6.07, 6.45) is -1.61. The van der Waals surface area contributed by atoms with Gasteiger partial charge in [0.25, 0.3) is 0 Å². The maximum Gasteiger partial charge on any atom is 0.326 e. The monoisotopic (exact) mass is 488 g/mol. The number of nitrogens with one attached hydrogen (secondary N) is 3. The Morgan fingerprint density at radius 1 is 0.882 bits per heavy atom. The van der Waals surface area contributed by atoms with E-state index in [1.165, 1.54) is 6.92 Å². The first kappa shape index (κ1) is 30.5. The fourth-order valence-electron chi connectivity index (χ4n) is 2.78. The third-order valence-electron chi connectivity index (χ3n) is 4.63. The Labute approximate surface area is 197 Å². The van der Waals surface area contributed by atoms with Crippen molar-refractivity contribution in [1.29, 1.82) is 0 Å². The van der Waals surface area contributed by atoms with Crippen LogP contribution in [0.15, 0.2) is 4.99 Å². The molecule has 5 unspecified atom stereocenters. The third-order valence-corrected chi connectivity index (χ3v) is 4.63. The molecule has 5 atom stereocenters. The predicted octanol–water partition coefficient (Wildman–Crippen LogP) is -4.18. The number of aliphatic hydroxyl groups excluding tert-OH is 1. The van der Waals surface area contributed by atoms with E-state index < -0.39 is 72.2 Å². The zero-order valence-electron chi connectivity index (χ0n) is 19.5. The van der Waals surface area contributed by atoms with Crippen molar-refractivity contribution in [2.45, 2.75) is 70.3 Å². The average molecular weight is 489 g/mol. The van der Waals surface area contributed by atoms with Crippen molar-refractivity contribution in [3.05, 3.63) is 0 Å². The molecule has 0 aromatic carbocycles. The van der Waals surface area contributed by atoms with Gasteiger partial charge in [-0.2, -0.15) is 0 Å². The van der Waals surface area contributed by atoms with Gasteiger partial charge in [-0.1, -0.05) is 13.8 Å². The first-order valence-corrected chi connectivity index (χ1v) is 10.6. The van der Waals surface area contributed by atoms with Gasteiger partial charge in [-0.15, -0.1) is 0 Å². The van der Waals surface area contributed by atoms with Crippen molar-refractivity contribution in [2.75, 3.05) is 6.54 Å². The molecule has 0 heterocycles. The highest BCUT2D eigenvalue weighted by molar-refractivity contribution is 5.95. The highest BCUT2D eigenvalue weighted by atomic mass is 16.4. The van der Waals surface area contributed by atoms with Crippen LogP contribution in [-0.4, -0.2) is 82.6 Å². The zero-order chi connectivity index (χ0) is 26.6. The van der Waals surface area contributed by atoms with Crippen molar-refractivity contribution in [3.63, 3.8) is 0 Å². The van der Waals surface area contributed by atoms with E-state index in [2.05, 4.69) is 20.9 Å². The van der Waals surface area contributed by atoms with Crippen LogP contribution in [-0.2, 0) is 24.0 Å². The molecule has 0 aliphatic carbocycles. The maximum atomic E-state index is 12.9. The molecule has 0 spiro atoms. The molecule has 34 heavy (non-hydrogen) atoms. The summed E-state index contributed by atoms with van der Waals surface area (Å²) in [5.74, 6) is -5.38. The number of hydrogen-bond acceptors (Lipinski definition) is 8. The molecule has 0 bridgehead atoms. The number of guanidine groups is 1. The molecule has 4 amide bonds. The summed E-state index contributed by atoms with van der Waals surface area (Å²) in [4.78, 5) is 63.9. The number of rotatable bonds is 15. The maximum absolute atomic E-state index is 12.9. The molecule has 194 valence electrons. The van der Waals surface area contributed by atoms with Crippen molar-refractivity contribution in [1.82, 2.24) is 16.0 Å². The fraction of sp³-hybridized carbons (Fsp3) is 0.684. The van der Waals surface area contributed by atoms with Gasteiger partial charge in [0.1, 0.15) is 18.1 Å². The van der Waals surface area contributed by atoms with Gasteiger partial charge in [0.15, 0.2) is 5.96 Å². The molecular formula is C19H36N8O7. The number of aliphatic carboxylic acids is 1. The molecule has 0 aliphatic heterocycles. The molecule has 0 aliphatic rings. The van der Waals surface area contributed by atoms with Gasteiger partial charge in [-0.05, 0) is 25.7 Å². The highest BCUT2D eigenvalue weighted by Crippen LogP contribution is 2.06. The van der Waals surface area contributed by atoms with Crippen molar-refractivity contribution < 1.29 is 34.2 Å². The summed E-state index contributed by atoms with van der Waals surface area (Å²) in [6.45, 7) is 4.51. The molecule has 0 aromatic heterocycles. The van der Waals surface area contributed by atoms with Crippen molar-refractivity contribution in [2.24, 2.45) is 33.8 Å². The fourth-order valence-corrected chi connectivity index (χ4v) is 2.78. The van der Waals surface area contributed by atoms with Crippen LogP contribution in [0.4, 0.5) is 0 Å². The number of carbonyl (C=O) groups is 5. The molecule has 0 saturated heterocycles. The lowest BCUT2D eigenvalue weighted by Crippen LogP contribution is -2.60. The molecular weight excluding hydrogens is 452 g/mol. The summed E-state index contributed by atoms with van der Waals surface area (Å²) in [6, 6.07) is -5.34. The highest BCUT2D eigenvalue weighted by Gasteiger charge is 2.33. The van der Waals surface area contributed by atoms with E-state index >= 15 is 0 Å². The van der Waals surface area contributed by atoms with E-state index in [0.29, 0.717) is 0 Å². The molecule has 15 heteroatoms. The molecule has 0 aromatic rings. The van der Waals surface area contributed by atoms with Gasteiger partial charge in [0.2, 0.25) is 23.6 Å². The standard InChI is InChI=1S/C19H36N8O7/c1-8(2)13(18(33)34)26-17(32)14(9(3)28)27-16(31)11(5-4-6-24-19(22)23)25-15(30)10(20)7-12(21)29/h8-11,13-14,28H,4-7,20H2,1-3H3,(H2,21,29)(H,25,30)(H,26,32)(H,27,31)(H,33,34)(H4,22,23,24). The van der Waals surface area contributed by atoms with Gasteiger partial charge >= 0.3 is 5.97 Å². The lowest BCUT2D eigenvalue weighted by Gasteiger charge is -2.27. The van der Waals surface area contributed by atoms with E-state index in [-0.39, 0.29) is 25.3 Å². The second-order valence-electron chi connectivity index (χ2n) is 8.08. The Hall–Kier alpha value is -3.46. The quantitative estimate of drug-likeness (QED) is 0.0608. The van der Waals surface area contributed by atoms with Crippen molar-refractivity contribution >= 4 is 35.6 Å². The second-order valence-corrected chi connectivity index (χ2v) is 8.08. The van der Waals surface area contributed by atoms with Crippen LogP contribution in [0.3, 0.4) is 0 Å². The van der Waals surface area contributed by atoms with Crippen LogP contribution >= 0.6 is 0 Å². The number of primary amides is 1. The number of carboxylic acids is 1. The number of carbonyl (C=O) groups excluding carboxylic acids is 4. The largest absolute Gasteiger partial charge is 0.480 e. The molecule has 15 nitrogen and oxygen atoms in total. The zero-order valence-corrected chi connectivity index (χ0v) is 19.5. The van der Waals surface area contributed by atoms with Gasteiger partial charge in [-0.3, -0.25) is 24.2 Å². The van der Waals surface area contributed by atoms with E-state index in [1.54, 1.807) is 13.8 Å². The molecule has 0 rings (SSSR count). The van der Waals surface area contributed by atoms with E-state index in [1.807, 2.05) is 0 Å². The average Bonchev–Trinajstić information content (AvgIpc) is 2.70. The Morgan fingerprint density at radius 3 is 1.88 bits per heavy atom. The first-order chi connectivity index (χ1) is 15.7. The summed E-state index contributed by atoms with van der Waals surface area (Å²) in [5.41, 5.74) is 21.2. The molecule has 0 saturated carbocycles. The number of carboxylic acid groups (broad SMARTS) is 1. The first-order valence-electron chi connectivity index (χ1n) is 10.6. The summed E-state index contributed by atoms with van der Waals surface area (Å²) in [5, 5.41) is 26.2. The Balaban J connectivity index is 5.54. The van der Waals surface area contributed by atoms with Crippen molar-refractivity contribution in [3.8, 4) is 0 Å². The summed E-state index contributed by atoms with van der Waals surface area (Å²) >= 11 is 0. The second kappa shape index (κ2) is 14.6. The third kappa shape index (κ3) is 11.4. The van der Waals surface area contributed by atoms with E-state index in [9.17, 15) is 34.2 Å². The molecule has 0 radical (unpaired) electrons. The molecule has 13 N–H and O–H groups in total. The minimum Gasteiger partial charge on any atom is -0.480 e. The number of hydrogen-bond donors (Lipinski definition) is 9. The van der Waals surface area contributed by atoms with E-state index in [0.717, 1.165) is 0 Å². The van der Waals surface area contributed by atoms with Crippen LogP contribution in [0.1, 0.15) is 40.0 Å². The van der Waals surface area contributed by atoms with Crippen LogP contribution in [0.5, 0.6) is 0 Å². The van der Waals surface area contributed by atoms with Gasteiger partial charge in [0.05, 0.1) is 18.6 Å². The summed E-state index contributed by atoms with van der Waals surface area (Å²) in [7, 11) is 0. The SMILES string of the molecule is CC(C)C(NC(=O)C(NC(=O)C(CCCN=C(N)N)NC(=O)C(N)CC(N)=O)C(C)O)C(=O)O. The van der Waals surface area contributed by atoms with Crippen LogP contribution in [0.2, 0.25) is 0 Å². The van der Waals surface area contributed by atoms with E-state index in [4.69, 9.17) is 22.9 Å². The van der Waals surface area contributed by atoms with Gasteiger partial charge < -0.3 is 49.1 Å². The lowest BCUT2D eigenvalue weighted by molar-refractivity contribution is -0.144. The summed E-state index contributed by atoms with van der Waals surface area (Å²) < 4.78 is 0. The number of amides is 4. The predicted molar refractivity (Wildman–Crippen MR) is 122 cm³/mol. The normalized spacial score (nSPS) is 15.2. The number of nitrogens with two attached hydrogens (primary N) is 4. The number of aliphatic hydroxyl groups is 1. The lowest BCUT2D eigenvalue weighted by atomic mass is 10.0. The van der Waals surface area contributed by atoms with Gasteiger partial charge in [-0.25, -0.2) is 4.79 Å². The van der Waals surface area contributed by atoms with Crippen LogP contribution < -0.4 is 38.9 Å². The molecule has 0 fully saturated rings.